The van der Waals surface area contributed by atoms with Gasteiger partial charge in [0.1, 0.15) is 0 Å². The standard InChI is InChI=1S/C16H30N2O3/c1-4-7-12(10-15(19)20)17-16(21)18-14-9-6-5-8-13(14)11(2)3/h11-14H,4-10H2,1-3H3,(H,19,20)(H2,17,18,21). The summed E-state index contributed by atoms with van der Waals surface area (Å²) in [5.74, 6) is 0.209. The van der Waals surface area contributed by atoms with Gasteiger partial charge in [0.15, 0.2) is 0 Å². The molecule has 5 heteroatoms. The lowest BCUT2D eigenvalue weighted by Crippen LogP contribution is -2.50. The van der Waals surface area contributed by atoms with Gasteiger partial charge in [-0.15, -0.1) is 0 Å². The molecule has 0 heterocycles. The SMILES string of the molecule is CCCC(CC(=O)O)NC(=O)NC1CCCCC1C(C)C. The number of carboxylic acid groups (broad SMARTS) is 1. The van der Waals surface area contributed by atoms with Crippen LogP contribution in [0.5, 0.6) is 0 Å². The first-order chi connectivity index (χ1) is 9.93. The smallest absolute Gasteiger partial charge is 0.315 e. The quantitative estimate of drug-likeness (QED) is 0.675. The van der Waals surface area contributed by atoms with Crippen LogP contribution in [0.1, 0.15) is 65.7 Å². The molecule has 2 amide bonds. The van der Waals surface area contributed by atoms with E-state index in [0.29, 0.717) is 18.3 Å². The number of carboxylic acids is 1. The average Bonchev–Trinajstić information content (AvgIpc) is 2.38. The third-order valence-electron chi connectivity index (χ3n) is 4.39. The molecule has 0 radical (unpaired) electrons. The Hall–Kier alpha value is -1.26. The molecular weight excluding hydrogens is 268 g/mol. The summed E-state index contributed by atoms with van der Waals surface area (Å²) in [5.41, 5.74) is 0. The van der Waals surface area contributed by atoms with Gasteiger partial charge in [-0.1, -0.05) is 40.0 Å². The molecule has 0 aromatic rings. The zero-order chi connectivity index (χ0) is 15.8. The Morgan fingerprint density at radius 2 is 1.90 bits per heavy atom. The molecule has 5 nitrogen and oxygen atoms in total. The largest absolute Gasteiger partial charge is 0.481 e. The second kappa shape index (κ2) is 8.90. The molecule has 0 bridgehead atoms. The fourth-order valence-electron chi connectivity index (χ4n) is 3.32. The fraction of sp³-hybridized carbons (Fsp3) is 0.875. The van der Waals surface area contributed by atoms with E-state index in [1.807, 2.05) is 6.92 Å². The van der Waals surface area contributed by atoms with Gasteiger partial charge in [-0.3, -0.25) is 4.79 Å². The van der Waals surface area contributed by atoms with Crippen molar-refractivity contribution >= 4 is 12.0 Å². The van der Waals surface area contributed by atoms with E-state index in [1.165, 1.54) is 6.42 Å². The normalized spacial score (nSPS) is 23.6. The topological polar surface area (TPSA) is 78.4 Å². The predicted octanol–water partition coefficient (Wildman–Crippen LogP) is 3.14. The van der Waals surface area contributed by atoms with Crippen molar-refractivity contribution in [3.05, 3.63) is 0 Å². The summed E-state index contributed by atoms with van der Waals surface area (Å²) in [6.45, 7) is 6.39. The molecule has 1 aliphatic rings. The van der Waals surface area contributed by atoms with Gasteiger partial charge in [0.05, 0.1) is 6.42 Å². The van der Waals surface area contributed by atoms with E-state index in [1.54, 1.807) is 0 Å². The van der Waals surface area contributed by atoms with Crippen LogP contribution < -0.4 is 10.6 Å². The van der Waals surface area contributed by atoms with Crippen molar-refractivity contribution in [2.24, 2.45) is 11.8 Å². The molecule has 3 atom stereocenters. The summed E-state index contributed by atoms with van der Waals surface area (Å²) in [6, 6.07) is -0.285. The average molecular weight is 298 g/mol. The van der Waals surface area contributed by atoms with Crippen molar-refractivity contribution in [2.45, 2.75) is 77.8 Å². The lowest BCUT2D eigenvalue weighted by atomic mass is 9.78. The lowest BCUT2D eigenvalue weighted by Gasteiger charge is -2.35. The summed E-state index contributed by atoms with van der Waals surface area (Å²) in [6.07, 6.45) is 6.11. The van der Waals surface area contributed by atoms with Gasteiger partial charge in [0.2, 0.25) is 0 Å². The van der Waals surface area contributed by atoms with E-state index < -0.39 is 5.97 Å². The number of urea groups is 1. The Balaban J connectivity index is 2.51. The first-order valence-corrected chi connectivity index (χ1v) is 8.22. The summed E-state index contributed by atoms with van der Waals surface area (Å²) in [7, 11) is 0. The van der Waals surface area contributed by atoms with E-state index >= 15 is 0 Å². The van der Waals surface area contributed by atoms with Crippen LogP contribution in [0, 0.1) is 11.8 Å². The Morgan fingerprint density at radius 3 is 2.48 bits per heavy atom. The monoisotopic (exact) mass is 298 g/mol. The lowest BCUT2D eigenvalue weighted by molar-refractivity contribution is -0.137. The highest BCUT2D eigenvalue weighted by molar-refractivity contribution is 5.76. The first kappa shape index (κ1) is 17.8. The molecule has 1 aliphatic carbocycles. The second-order valence-electron chi connectivity index (χ2n) is 6.50. The molecule has 0 aromatic carbocycles. The summed E-state index contributed by atoms with van der Waals surface area (Å²) in [4.78, 5) is 23.0. The van der Waals surface area contributed by atoms with E-state index in [-0.39, 0.29) is 24.5 Å². The van der Waals surface area contributed by atoms with Gasteiger partial charge >= 0.3 is 12.0 Å². The van der Waals surface area contributed by atoms with Crippen molar-refractivity contribution in [3.63, 3.8) is 0 Å². The molecule has 0 spiro atoms. The molecule has 0 aliphatic heterocycles. The highest BCUT2D eigenvalue weighted by Gasteiger charge is 2.29. The Bertz CT molecular complexity index is 344. The summed E-state index contributed by atoms with van der Waals surface area (Å²) < 4.78 is 0. The van der Waals surface area contributed by atoms with E-state index in [0.717, 1.165) is 25.7 Å². The number of nitrogens with one attached hydrogen (secondary N) is 2. The van der Waals surface area contributed by atoms with Gasteiger partial charge in [-0.05, 0) is 31.1 Å². The number of aliphatic carboxylic acids is 1. The molecule has 3 unspecified atom stereocenters. The molecule has 1 fully saturated rings. The van der Waals surface area contributed by atoms with Gasteiger partial charge in [0.25, 0.3) is 0 Å². The minimum absolute atomic E-state index is 0.0143. The third-order valence-corrected chi connectivity index (χ3v) is 4.39. The summed E-state index contributed by atoms with van der Waals surface area (Å²) in [5, 5.41) is 14.8. The minimum atomic E-state index is -0.869. The second-order valence-corrected chi connectivity index (χ2v) is 6.50. The van der Waals surface area contributed by atoms with Crippen molar-refractivity contribution in [2.75, 3.05) is 0 Å². The molecule has 3 N–H and O–H groups in total. The maximum Gasteiger partial charge on any atom is 0.315 e. The first-order valence-electron chi connectivity index (χ1n) is 8.22. The minimum Gasteiger partial charge on any atom is -0.481 e. The van der Waals surface area contributed by atoms with Crippen LogP contribution in [0.25, 0.3) is 0 Å². The number of carbonyl (C=O) groups excluding carboxylic acids is 1. The fourth-order valence-corrected chi connectivity index (χ4v) is 3.32. The zero-order valence-corrected chi connectivity index (χ0v) is 13.5. The number of amides is 2. The van der Waals surface area contributed by atoms with Crippen LogP contribution in [0.4, 0.5) is 4.79 Å². The van der Waals surface area contributed by atoms with Crippen LogP contribution in [0.2, 0.25) is 0 Å². The molecule has 1 rings (SSSR count). The highest BCUT2D eigenvalue weighted by Crippen LogP contribution is 2.30. The maximum atomic E-state index is 12.1. The van der Waals surface area contributed by atoms with Crippen LogP contribution in [-0.4, -0.2) is 29.2 Å². The van der Waals surface area contributed by atoms with Gasteiger partial charge in [0, 0.05) is 12.1 Å². The number of carbonyl (C=O) groups is 2. The van der Waals surface area contributed by atoms with Crippen LogP contribution in [0.3, 0.4) is 0 Å². The molecule has 0 aromatic heterocycles. The molecule has 0 saturated heterocycles. The van der Waals surface area contributed by atoms with Crippen molar-refractivity contribution < 1.29 is 14.7 Å². The van der Waals surface area contributed by atoms with Gasteiger partial charge in [-0.2, -0.15) is 0 Å². The van der Waals surface area contributed by atoms with Crippen LogP contribution >= 0.6 is 0 Å². The number of rotatable bonds is 7. The predicted molar refractivity (Wildman–Crippen MR) is 83.2 cm³/mol. The maximum absolute atomic E-state index is 12.1. The number of hydrogen-bond donors (Lipinski definition) is 3. The van der Waals surface area contributed by atoms with Gasteiger partial charge in [-0.25, -0.2) is 4.79 Å². The van der Waals surface area contributed by atoms with Crippen LogP contribution in [-0.2, 0) is 4.79 Å². The number of hydrogen-bond acceptors (Lipinski definition) is 2. The Morgan fingerprint density at radius 1 is 1.24 bits per heavy atom. The van der Waals surface area contributed by atoms with Crippen molar-refractivity contribution in [1.82, 2.24) is 10.6 Å². The molecule has 1 saturated carbocycles. The van der Waals surface area contributed by atoms with Crippen molar-refractivity contribution in [3.8, 4) is 0 Å². The van der Waals surface area contributed by atoms with E-state index in [9.17, 15) is 9.59 Å². The Kier molecular flexibility index (Phi) is 7.54. The van der Waals surface area contributed by atoms with Crippen LogP contribution in [0.15, 0.2) is 0 Å². The molecule has 21 heavy (non-hydrogen) atoms. The van der Waals surface area contributed by atoms with E-state index in [2.05, 4.69) is 24.5 Å². The third kappa shape index (κ3) is 6.36. The zero-order valence-electron chi connectivity index (χ0n) is 13.5. The van der Waals surface area contributed by atoms with Crippen molar-refractivity contribution in [1.29, 1.82) is 0 Å². The van der Waals surface area contributed by atoms with E-state index in [4.69, 9.17) is 5.11 Å². The molecular formula is C16H30N2O3. The summed E-state index contributed by atoms with van der Waals surface area (Å²) >= 11 is 0. The molecule has 122 valence electrons. The highest BCUT2D eigenvalue weighted by atomic mass is 16.4. The Labute approximate surface area is 127 Å². The van der Waals surface area contributed by atoms with Gasteiger partial charge < -0.3 is 15.7 Å².